The fourth-order valence-corrected chi connectivity index (χ4v) is 6.87. The van der Waals surface area contributed by atoms with E-state index in [0.29, 0.717) is 25.7 Å². The Morgan fingerprint density at radius 3 is 1.57 bits per heavy atom. The minimum absolute atomic E-state index is 0.0164. The third kappa shape index (κ3) is 20.0. The first kappa shape index (κ1) is 42.7. The van der Waals surface area contributed by atoms with E-state index in [1.54, 1.807) is 13.8 Å². The molecule has 1 saturated heterocycles. The van der Waals surface area contributed by atoms with Gasteiger partial charge >= 0.3 is 5.97 Å². The van der Waals surface area contributed by atoms with Crippen LogP contribution in [-0.2, 0) is 44.0 Å². The van der Waals surface area contributed by atoms with Gasteiger partial charge in [-0.15, -0.1) is 0 Å². The van der Waals surface area contributed by atoms with Crippen molar-refractivity contribution in [1.82, 2.24) is 0 Å². The Morgan fingerprint density at radius 2 is 1.16 bits per heavy atom. The van der Waals surface area contributed by atoms with Crippen LogP contribution in [-0.4, -0.2) is 61.5 Å². The maximum Gasteiger partial charge on any atom is 0.313 e. The number of esters is 1. The summed E-state index contributed by atoms with van der Waals surface area (Å²) in [6, 6.07) is 0. The molecule has 0 aromatic rings. The van der Waals surface area contributed by atoms with Crippen LogP contribution in [0, 0.1) is 5.92 Å². The minimum atomic E-state index is -4.50. The topological polar surface area (TPSA) is 171 Å². The Hall–Kier alpha value is -1.28. The van der Waals surface area contributed by atoms with Crippen LogP contribution in [0.3, 0.4) is 0 Å². The van der Waals surface area contributed by atoms with E-state index in [0.717, 1.165) is 25.7 Å². The van der Waals surface area contributed by atoms with E-state index in [1.165, 1.54) is 70.6 Å². The second-order valence-corrected chi connectivity index (χ2v) is 14.9. The zero-order valence-electron chi connectivity index (χ0n) is 27.5. The summed E-state index contributed by atoms with van der Waals surface area (Å²) >= 11 is 0. The van der Waals surface area contributed by atoms with Crippen molar-refractivity contribution in [2.24, 2.45) is 5.92 Å². The second kappa shape index (κ2) is 24.9. The average Bonchev–Trinajstić information content (AvgIpc) is 2.94. The fourth-order valence-electron chi connectivity index (χ4n) is 5.18. The summed E-state index contributed by atoms with van der Waals surface area (Å²) < 4.78 is 76.9. The Balaban J connectivity index is 0.000000938. The smallest absolute Gasteiger partial charge is 0.313 e. The summed E-state index contributed by atoms with van der Waals surface area (Å²) in [5.74, 6) is -0.0489. The molecule has 1 aliphatic rings. The molecule has 44 heavy (non-hydrogen) atoms. The minimum Gasteiger partial charge on any atom is -0.464 e. The van der Waals surface area contributed by atoms with Gasteiger partial charge in [0.05, 0.1) is 5.92 Å². The standard InChI is InChI=1S/C23H42O4.C8H18O7S2/c1-3-5-7-9-10-11-12-13-14-16-20(26-19-24)18-22-21(23(25)27-22)17-15-8-6-4-2;1-3-5-7(16(9,10)11)15-8(6-4-2)17(12,13)14/h19-22H,3-18H2,1-2H3;7-8H,3-6H2,1-2H3,(H,9,10,11)(H,12,13,14)/t20?,21-,22-;/m0./s1. The summed E-state index contributed by atoms with van der Waals surface area (Å²) in [6.45, 7) is 8.30. The highest BCUT2D eigenvalue weighted by Crippen LogP contribution is 2.32. The Kier molecular flexibility index (Phi) is 24.2. The zero-order valence-corrected chi connectivity index (χ0v) is 29.1. The third-order valence-corrected chi connectivity index (χ3v) is 9.80. The van der Waals surface area contributed by atoms with Gasteiger partial charge < -0.3 is 14.2 Å². The Bertz CT molecular complexity index is 914. The van der Waals surface area contributed by atoms with E-state index in [2.05, 4.69) is 13.8 Å². The summed E-state index contributed by atoms with van der Waals surface area (Å²) in [7, 11) is -9.00. The average molecular weight is 673 g/mol. The molecule has 0 bridgehead atoms. The van der Waals surface area contributed by atoms with Gasteiger partial charge in [-0.05, 0) is 32.1 Å². The monoisotopic (exact) mass is 672 g/mol. The predicted octanol–water partition coefficient (Wildman–Crippen LogP) is 7.38. The molecule has 0 aromatic heterocycles. The molecule has 0 aliphatic carbocycles. The lowest BCUT2D eigenvalue weighted by Gasteiger charge is -2.37. The van der Waals surface area contributed by atoms with Gasteiger partial charge in [-0.1, -0.05) is 118 Å². The van der Waals surface area contributed by atoms with Crippen molar-refractivity contribution >= 4 is 32.7 Å². The van der Waals surface area contributed by atoms with Crippen LogP contribution in [0.1, 0.15) is 156 Å². The number of cyclic esters (lactones) is 1. The molecule has 13 heteroatoms. The highest BCUT2D eigenvalue weighted by Gasteiger charge is 2.43. The number of hydrogen-bond acceptors (Lipinski definition) is 9. The van der Waals surface area contributed by atoms with Gasteiger partial charge in [0.1, 0.15) is 12.2 Å². The molecule has 1 aliphatic heterocycles. The molecule has 0 radical (unpaired) electrons. The third-order valence-electron chi connectivity index (χ3n) is 7.78. The van der Waals surface area contributed by atoms with Gasteiger partial charge in [-0.3, -0.25) is 18.7 Å². The van der Waals surface area contributed by atoms with Crippen molar-refractivity contribution < 1.29 is 49.7 Å². The van der Waals surface area contributed by atoms with Gasteiger partial charge in [-0.2, -0.15) is 16.8 Å². The highest BCUT2D eigenvalue weighted by molar-refractivity contribution is 7.87. The first-order valence-electron chi connectivity index (χ1n) is 16.7. The summed E-state index contributed by atoms with van der Waals surface area (Å²) in [4.78, 5) is 22.6. The number of rotatable bonds is 27. The first-order valence-corrected chi connectivity index (χ1v) is 19.7. The molecule has 1 fully saturated rings. The molecule has 0 saturated carbocycles. The molecule has 1 heterocycles. The Labute approximate surface area is 267 Å². The van der Waals surface area contributed by atoms with Gasteiger partial charge in [0.15, 0.2) is 10.9 Å². The van der Waals surface area contributed by atoms with Crippen LogP contribution < -0.4 is 0 Å². The molecule has 262 valence electrons. The molecule has 0 aromatic carbocycles. The van der Waals surface area contributed by atoms with Crippen LogP contribution in [0.4, 0.5) is 0 Å². The molecule has 2 N–H and O–H groups in total. The summed E-state index contributed by atoms with van der Waals surface area (Å²) in [6.07, 6.45) is 19.2. The van der Waals surface area contributed by atoms with E-state index in [-0.39, 0.29) is 36.9 Å². The molecule has 0 amide bonds. The van der Waals surface area contributed by atoms with Crippen LogP contribution in [0.15, 0.2) is 0 Å². The number of carbonyl (C=O) groups is 2. The molecule has 1 rings (SSSR count). The number of hydrogen-bond donors (Lipinski definition) is 2. The molecular weight excluding hydrogens is 612 g/mol. The summed E-state index contributed by atoms with van der Waals surface area (Å²) in [5.41, 5.74) is -3.27. The largest absolute Gasteiger partial charge is 0.464 e. The van der Waals surface area contributed by atoms with Crippen molar-refractivity contribution in [1.29, 1.82) is 0 Å². The molecule has 5 atom stereocenters. The maximum absolute atomic E-state index is 11.7. The van der Waals surface area contributed by atoms with Crippen LogP contribution in [0.2, 0.25) is 0 Å². The van der Waals surface area contributed by atoms with Crippen molar-refractivity contribution in [3.8, 4) is 0 Å². The van der Waals surface area contributed by atoms with E-state index in [4.69, 9.17) is 23.3 Å². The zero-order chi connectivity index (χ0) is 33.4. The lowest BCUT2D eigenvalue weighted by molar-refractivity contribution is -0.189. The molecule has 11 nitrogen and oxygen atoms in total. The normalized spacial score (nSPS) is 18.7. The van der Waals surface area contributed by atoms with Crippen molar-refractivity contribution in [2.45, 2.75) is 179 Å². The maximum atomic E-state index is 11.7. The molecular formula is C31H60O11S2. The SMILES string of the molecule is CCCC(OC(CCC)S(=O)(=O)O)S(=O)(=O)O.CCCCCCCCCCCC(C[C@@H]1OC(=O)[C@H]1CCCCCC)OC=O. The van der Waals surface area contributed by atoms with Crippen LogP contribution >= 0.6 is 0 Å². The lowest BCUT2D eigenvalue weighted by atomic mass is 9.86. The highest BCUT2D eigenvalue weighted by atomic mass is 32.2. The number of ether oxygens (including phenoxy) is 3. The predicted molar refractivity (Wildman–Crippen MR) is 171 cm³/mol. The van der Waals surface area contributed by atoms with Gasteiger partial charge in [0.2, 0.25) is 0 Å². The van der Waals surface area contributed by atoms with Crippen LogP contribution in [0.5, 0.6) is 0 Å². The Morgan fingerprint density at radius 1 is 0.705 bits per heavy atom. The van der Waals surface area contributed by atoms with Gasteiger partial charge in [-0.25, -0.2) is 0 Å². The number of carbonyl (C=O) groups excluding carboxylic acids is 2. The van der Waals surface area contributed by atoms with E-state index in [1.807, 2.05) is 0 Å². The fraction of sp³-hybridized carbons (Fsp3) is 0.935. The molecule has 0 spiro atoms. The van der Waals surface area contributed by atoms with Gasteiger partial charge in [0, 0.05) is 6.42 Å². The summed E-state index contributed by atoms with van der Waals surface area (Å²) in [5, 5.41) is 0. The second-order valence-electron chi connectivity index (χ2n) is 11.7. The van der Waals surface area contributed by atoms with Crippen molar-refractivity contribution in [3.05, 3.63) is 0 Å². The van der Waals surface area contributed by atoms with Crippen LogP contribution in [0.25, 0.3) is 0 Å². The quantitative estimate of drug-likeness (QED) is 0.0386. The number of unbranched alkanes of at least 4 members (excludes halogenated alkanes) is 11. The first-order chi connectivity index (χ1) is 20.8. The lowest BCUT2D eigenvalue weighted by Crippen LogP contribution is -2.47. The van der Waals surface area contributed by atoms with E-state index < -0.39 is 31.1 Å². The van der Waals surface area contributed by atoms with Crippen molar-refractivity contribution in [2.75, 3.05) is 0 Å². The van der Waals surface area contributed by atoms with Gasteiger partial charge in [0.25, 0.3) is 26.7 Å². The molecule has 3 unspecified atom stereocenters. The van der Waals surface area contributed by atoms with E-state index in [9.17, 15) is 26.4 Å². The van der Waals surface area contributed by atoms with Crippen molar-refractivity contribution in [3.63, 3.8) is 0 Å². The van der Waals surface area contributed by atoms with E-state index >= 15 is 0 Å².